The molecular formula is C10H16F3N3O3S. The number of hydrogen-bond acceptors (Lipinski definition) is 5. The number of rotatable bonds is 6. The lowest BCUT2D eigenvalue weighted by Gasteiger charge is -2.32. The third-order valence-electron chi connectivity index (χ3n) is 2.44. The molecule has 1 aliphatic rings. The van der Waals surface area contributed by atoms with Crippen LogP contribution >= 0.6 is 11.8 Å². The van der Waals surface area contributed by atoms with Gasteiger partial charge in [0.1, 0.15) is 11.5 Å². The number of alkyl halides is 3. The second kappa shape index (κ2) is 7.70. The van der Waals surface area contributed by atoms with Gasteiger partial charge in [0.25, 0.3) is 0 Å². The van der Waals surface area contributed by atoms with E-state index in [1.165, 1.54) is 7.11 Å². The Kier molecular flexibility index (Phi) is 6.56. The highest BCUT2D eigenvalue weighted by Crippen LogP contribution is 2.26. The molecule has 20 heavy (non-hydrogen) atoms. The molecule has 0 radical (unpaired) electrons. The minimum Gasteiger partial charge on any atom is -0.383 e. The number of carbonyl (C=O) groups is 2. The van der Waals surface area contributed by atoms with Gasteiger partial charge < -0.3 is 15.4 Å². The summed E-state index contributed by atoms with van der Waals surface area (Å²) in [6.07, 6.45) is -5.14. The maximum absolute atomic E-state index is 12.5. The molecule has 2 atom stereocenters. The van der Waals surface area contributed by atoms with E-state index in [0.717, 1.165) is 11.8 Å². The molecule has 1 fully saturated rings. The van der Waals surface area contributed by atoms with Crippen LogP contribution < -0.4 is 16.0 Å². The van der Waals surface area contributed by atoms with Gasteiger partial charge in [0.05, 0.1) is 18.8 Å². The van der Waals surface area contributed by atoms with Crippen molar-refractivity contribution in [1.82, 2.24) is 16.0 Å². The second-order valence-electron chi connectivity index (χ2n) is 4.07. The van der Waals surface area contributed by atoms with E-state index in [9.17, 15) is 22.8 Å². The zero-order chi connectivity index (χ0) is 15.2. The third-order valence-corrected chi connectivity index (χ3v) is 3.45. The summed E-state index contributed by atoms with van der Waals surface area (Å²) < 4.78 is 42.4. The summed E-state index contributed by atoms with van der Waals surface area (Å²) in [5.74, 6) is -1.09. The van der Waals surface area contributed by atoms with Gasteiger partial charge in [-0.3, -0.25) is 14.9 Å². The van der Waals surface area contributed by atoms with Gasteiger partial charge in [0.2, 0.25) is 11.8 Å². The second-order valence-corrected chi connectivity index (χ2v) is 5.16. The lowest BCUT2D eigenvalue weighted by Crippen LogP contribution is -2.59. The van der Waals surface area contributed by atoms with E-state index in [1.54, 1.807) is 0 Å². The van der Waals surface area contributed by atoms with Crippen molar-refractivity contribution in [2.75, 3.05) is 26.0 Å². The predicted octanol–water partition coefficient (Wildman–Crippen LogP) is -0.194. The van der Waals surface area contributed by atoms with E-state index < -0.39 is 30.0 Å². The molecule has 1 heterocycles. The maximum atomic E-state index is 12.5. The third kappa shape index (κ3) is 5.97. The predicted molar refractivity (Wildman–Crippen MR) is 66.9 cm³/mol. The van der Waals surface area contributed by atoms with E-state index >= 15 is 0 Å². The van der Waals surface area contributed by atoms with Crippen LogP contribution in [-0.2, 0) is 14.3 Å². The van der Waals surface area contributed by atoms with Gasteiger partial charge in [-0.1, -0.05) is 0 Å². The smallest absolute Gasteiger partial charge is 0.383 e. The van der Waals surface area contributed by atoms with Gasteiger partial charge in [-0.25, -0.2) is 0 Å². The number of hydrogen-bond donors (Lipinski definition) is 3. The van der Waals surface area contributed by atoms with Crippen LogP contribution in [0, 0.1) is 0 Å². The van der Waals surface area contributed by atoms with Crippen LogP contribution in [0.4, 0.5) is 13.2 Å². The van der Waals surface area contributed by atoms with Gasteiger partial charge >= 0.3 is 6.18 Å². The average molecular weight is 315 g/mol. The van der Waals surface area contributed by atoms with Gasteiger partial charge in [-0.2, -0.15) is 13.2 Å². The van der Waals surface area contributed by atoms with Crippen LogP contribution in [0.3, 0.4) is 0 Å². The summed E-state index contributed by atoms with van der Waals surface area (Å²) >= 11 is 0.891. The molecular weight excluding hydrogens is 299 g/mol. The standard InChI is InChI=1S/C10H16F3N3O3S/c1-19-3-2-14-8(18)5-20-9-15-6(10(11,12)13)4-7(17)16-9/h6,9,15H,2-5H2,1H3,(H,14,18)(H,16,17). The summed E-state index contributed by atoms with van der Waals surface area (Å²) in [5, 5.41) is 7.13. The molecule has 2 unspecified atom stereocenters. The Morgan fingerprint density at radius 2 is 2.25 bits per heavy atom. The summed E-state index contributed by atoms with van der Waals surface area (Å²) in [6.45, 7) is 0.677. The zero-order valence-electron chi connectivity index (χ0n) is 10.8. The molecule has 0 aromatic carbocycles. The zero-order valence-corrected chi connectivity index (χ0v) is 11.6. The van der Waals surface area contributed by atoms with Crippen molar-refractivity contribution >= 4 is 23.6 Å². The highest BCUT2D eigenvalue weighted by atomic mass is 32.2. The number of halogens is 3. The first-order valence-electron chi connectivity index (χ1n) is 5.82. The number of nitrogens with one attached hydrogen (secondary N) is 3. The first kappa shape index (κ1) is 17.1. The van der Waals surface area contributed by atoms with E-state index in [-0.39, 0.29) is 11.7 Å². The average Bonchev–Trinajstić information content (AvgIpc) is 2.35. The Bertz CT molecular complexity index is 354. The molecule has 0 aliphatic carbocycles. The number of methoxy groups -OCH3 is 1. The van der Waals surface area contributed by atoms with Crippen molar-refractivity contribution in [2.45, 2.75) is 24.1 Å². The summed E-state index contributed by atoms with van der Waals surface area (Å²) in [6, 6.07) is -1.88. The van der Waals surface area contributed by atoms with Crippen molar-refractivity contribution < 1.29 is 27.5 Å². The van der Waals surface area contributed by atoms with Gasteiger partial charge in [-0.05, 0) is 0 Å². The fraction of sp³-hybridized carbons (Fsp3) is 0.800. The van der Waals surface area contributed by atoms with Crippen LogP contribution in [0.5, 0.6) is 0 Å². The monoisotopic (exact) mass is 315 g/mol. The quantitative estimate of drug-likeness (QED) is 0.592. The van der Waals surface area contributed by atoms with E-state index in [0.29, 0.717) is 13.2 Å². The molecule has 3 N–H and O–H groups in total. The van der Waals surface area contributed by atoms with Crippen LogP contribution in [-0.4, -0.2) is 55.5 Å². The Labute approximate surface area is 118 Å². The Morgan fingerprint density at radius 1 is 1.55 bits per heavy atom. The summed E-state index contributed by atoms with van der Waals surface area (Å²) in [7, 11) is 1.49. The lowest BCUT2D eigenvalue weighted by molar-refractivity contribution is -0.167. The van der Waals surface area contributed by atoms with Crippen molar-refractivity contribution in [3.63, 3.8) is 0 Å². The minimum atomic E-state index is -4.49. The molecule has 6 nitrogen and oxygen atoms in total. The normalized spacial score (nSPS) is 23.3. The van der Waals surface area contributed by atoms with Gasteiger partial charge in [0.15, 0.2) is 0 Å². The van der Waals surface area contributed by atoms with Gasteiger partial charge in [0, 0.05) is 13.7 Å². The highest BCUT2D eigenvalue weighted by molar-refractivity contribution is 8.00. The Hall–Kier alpha value is -1.00. The van der Waals surface area contributed by atoms with E-state index in [4.69, 9.17) is 4.74 Å². The summed E-state index contributed by atoms with van der Waals surface area (Å²) in [4.78, 5) is 22.6. The van der Waals surface area contributed by atoms with Crippen LogP contribution in [0.2, 0.25) is 0 Å². The van der Waals surface area contributed by atoms with Gasteiger partial charge in [-0.15, -0.1) is 11.8 Å². The molecule has 0 bridgehead atoms. The van der Waals surface area contributed by atoms with Crippen molar-refractivity contribution in [1.29, 1.82) is 0 Å². The fourth-order valence-electron chi connectivity index (χ4n) is 1.48. The SMILES string of the molecule is COCCNC(=O)CSC1NC(=O)CC(C(F)(F)F)N1. The van der Waals surface area contributed by atoms with Crippen molar-refractivity contribution in [3.8, 4) is 0 Å². The first-order valence-corrected chi connectivity index (χ1v) is 6.87. The minimum absolute atomic E-state index is 0.0633. The largest absolute Gasteiger partial charge is 0.404 e. The maximum Gasteiger partial charge on any atom is 0.404 e. The lowest BCUT2D eigenvalue weighted by atomic mass is 10.1. The molecule has 0 aromatic rings. The molecule has 10 heteroatoms. The topological polar surface area (TPSA) is 79.5 Å². The molecule has 2 amide bonds. The Balaban J connectivity index is 2.36. The first-order chi connectivity index (χ1) is 9.32. The number of amides is 2. The fourth-order valence-corrected chi connectivity index (χ4v) is 2.37. The van der Waals surface area contributed by atoms with Crippen molar-refractivity contribution in [3.05, 3.63) is 0 Å². The molecule has 0 saturated carbocycles. The molecule has 1 aliphatic heterocycles. The molecule has 0 aromatic heterocycles. The van der Waals surface area contributed by atoms with Crippen LogP contribution in [0.25, 0.3) is 0 Å². The van der Waals surface area contributed by atoms with Crippen LogP contribution in [0.15, 0.2) is 0 Å². The molecule has 0 spiro atoms. The summed E-state index contributed by atoms with van der Waals surface area (Å²) in [5.41, 5.74) is -0.934. The highest BCUT2D eigenvalue weighted by Gasteiger charge is 2.44. The Morgan fingerprint density at radius 3 is 2.85 bits per heavy atom. The number of carbonyl (C=O) groups excluding carboxylic acids is 2. The van der Waals surface area contributed by atoms with Crippen molar-refractivity contribution in [2.24, 2.45) is 0 Å². The van der Waals surface area contributed by atoms with E-state index in [2.05, 4.69) is 16.0 Å². The molecule has 1 saturated heterocycles. The molecule has 1 rings (SSSR count). The molecule has 116 valence electrons. The number of ether oxygens (including phenoxy) is 1. The number of thioether (sulfide) groups is 1. The van der Waals surface area contributed by atoms with Crippen LogP contribution in [0.1, 0.15) is 6.42 Å². The van der Waals surface area contributed by atoms with E-state index in [1.807, 2.05) is 0 Å².